The van der Waals surface area contributed by atoms with E-state index in [4.69, 9.17) is 5.73 Å². The molecule has 0 aliphatic heterocycles. The van der Waals surface area contributed by atoms with E-state index in [0.29, 0.717) is 6.42 Å². The third-order valence-electron chi connectivity index (χ3n) is 1.09. The van der Waals surface area contributed by atoms with E-state index < -0.39 is 0 Å². The second kappa shape index (κ2) is 3.20. The van der Waals surface area contributed by atoms with Crippen LogP contribution in [0.15, 0.2) is 24.4 Å². The molecule has 0 spiro atoms. The van der Waals surface area contributed by atoms with Crippen LogP contribution in [0.25, 0.3) is 0 Å². The van der Waals surface area contributed by atoms with Crippen molar-refractivity contribution in [3.8, 4) is 0 Å². The molecular formula is C7H8N2. The highest BCUT2D eigenvalue weighted by Crippen LogP contribution is 1.91. The first-order chi connectivity index (χ1) is 4.43. The fraction of sp³-hybridized carbons (Fsp3) is 0.286. The summed E-state index contributed by atoms with van der Waals surface area (Å²) in [5.41, 5.74) is 9.42. The van der Waals surface area contributed by atoms with Gasteiger partial charge in [-0.05, 0) is 12.1 Å². The Bertz CT molecular complexity index is 160. The molecule has 0 saturated heterocycles. The summed E-state index contributed by atoms with van der Waals surface area (Å²) in [7, 11) is 0. The van der Waals surface area contributed by atoms with E-state index in [2.05, 4.69) is 4.98 Å². The van der Waals surface area contributed by atoms with Gasteiger partial charge in [0.1, 0.15) is 0 Å². The normalized spacial score (nSPS) is 9.44. The molecule has 2 nitrogen and oxygen atoms in total. The number of aromatic nitrogens is 1. The molecule has 2 heteroatoms. The number of pyridine rings is 1. The van der Waals surface area contributed by atoms with Gasteiger partial charge in [-0.1, -0.05) is 6.07 Å². The Morgan fingerprint density at radius 3 is 2.89 bits per heavy atom. The predicted molar refractivity (Wildman–Crippen MR) is 34.9 cm³/mol. The minimum atomic E-state index is 0.178. The summed E-state index contributed by atoms with van der Waals surface area (Å²) in [6, 6.07) is 5.68. The van der Waals surface area contributed by atoms with Crippen LogP contribution in [0.4, 0.5) is 0 Å². The topological polar surface area (TPSA) is 35.2 Å². The Balaban J connectivity index is 2.61. The minimum absolute atomic E-state index is 0.178. The molecular weight excluding hydrogens is 112 g/mol. The average Bonchev–Trinajstić information content (AvgIpc) is 1.91. The Kier molecular flexibility index (Phi) is 2.22. The van der Waals surface area contributed by atoms with Crippen LogP contribution in [0.3, 0.4) is 0 Å². The van der Waals surface area contributed by atoms with E-state index in [0.717, 1.165) is 5.69 Å². The zero-order valence-electron chi connectivity index (χ0n) is 5.12. The van der Waals surface area contributed by atoms with Gasteiger partial charge in [-0.15, -0.1) is 5.73 Å². The first-order valence-corrected chi connectivity index (χ1v) is 2.94. The summed E-state index contributed by atoms with van der Waals surface area (Å²) in [6.45, 7) is 0.178. The highest BCUT2D eigenvalue weighted by Gasteiger charge is 1.87. The van der Waals surface area contributed by atoms with E-state index in [-0.39, 0.29) is 6.54 Å². The lowest BCUT2D eigenvalue weighted by Gasteiger charge is -1.91. The summed E-state index contributed by atoms with van der Waals surface area (Å²) in [5, 5.41) is 0. The maximum Gasteiger partial charge on any atom is 0.0417 e. The van der Waals surface area contributed by atoms with Crippen LogP contribution in [0, 0.1) is 0 Å². The van der Waals surface area contributed by atoms with Gasteiger partial charge in [0.15, 0.2) is 0 Å². The summed E-state index contributed by atoms with van der Waals surface area (Å²) in [4.78, 5) is 4.01. The molecule has 0 unspecified atom stereocenters. The van der Waals surface area contributed by atoms with E-state index in [9.17, 15) is 0 Å². The molecule has 0 aliphatic rings. The fourth-order valence-electron chi connectivity index (χ4n) is 0.661. The van der Waals surface area contributed by atoms with Crippen LogP contribution >= 0.6 is 0 Å². The van der Waals surface area contributed by atoms with Gasteiger partial charge in [0.25, 0.3) is 0 Å². The molecule has 1 heterocycles. The van der Waals surface area contributed by atoms with Gasteiger partial charge in [-0.3, -0.25) is 4.98 Å². The standard InChI is InChI=1S/C7H8N2/c8-5-4-7-3-1-2-6-9-7/h1-3,6H,4-5H2. The quantitative estimate of drug-likeness (QED) is 0.565. The summed E-state index contributed by atoms with van der Waals surface area (Å²) in [6.07, 6.45) is 2.38. The Hall–Kier alpha value is -0.890. The van der Waals surface area contributed by atoms with Crippen molar-refractivity contribution in [2.24, 2.45) is 0 Å². The highest BCUT2D eigenvalue weighted by molar-refractivity contribution is 5.03. The molecule has 2 radical (unpaired) electrons. The molecule has 0 atom stereocenters. The number of hydrogen-bond donors (Lipinski definition) is 0. The van der Waals surface area contributed by atoms with Crippen molar-refractivity contribution in [2.75, 3.05) is 6.54 Å². The van der Waals surface area contributed by atoms with Gasteiger partial charge in [0.05, 0.1) is 0 Å². The Labute approximate surface area is 54.7 Å². The first-order valence-electron chi connectivity index (χ1n) is 2.94. The summed E-state index contributed by atoms with van der Waals surface area (Å²) >= 11 is 0. The zero-order chi connectivity index (χ0) is 6.53. The second-order valence-corrected chi connectivity index (χ2v) is 1.79. The summed E-state index contributed by atoms with van der Waals surface area (Å²) < 4.78 is 0. The maximum atomic E-state index is 8.48. The fourth-order valence-corrected chi connectivity index (χ4v) is 0.661. The molecule has 0 amide bonds. The smallest absolute Gasteiger partial charge is 0.0417 e. The van der Waals surface area contributed by atoms with Crippen LogP contribution in [0.5, 0.6) is 0 Å². The average molecular weight is 120 g/mol. The van der Waals surface area contributed by atoms with Gasteiger partial charge >= 0.3 is 0 Å². The molecule has 0 N–H and O–H groups in total. The van der Waals surface area contributed by atoms with Crippen LogP contribution in [-0.4, -0.2) is 11.5 Å². The van der Waals surface area contributed by atoms with Gasteiger partial charge < -0.3 is 0 Å². The van der Waals surface area contributed by atoms with Gasteiger partial charge in [0.2, 0.25) is 0 Å². The van der Waals surface area contributed by atoms with E-state index in [1.807, 2.05) is 18.2 Å². The van der Waals surface area contributed by atoms with Crippen molar-refractivity contribution in [2.45, 2.75) is 6.42 Å². The monoisotopic (exact) mass is 120 g/mol. The van der Waals surface area contributed by atoms with Gasteiger partial charge in [-0.2, -0.15) is 0 Å². The van der Waals surface area contributed by atoms with Crippen LogP contribution in [0.2, 0.25) is 0 Å². The van der Waals surface area contributed by atoms with Crippen molar-refractivity contribution in [3.05, 3.63) is 30.1 Å². The van der Waals surface area contributed by atoms with Gasteiger partial charge in [-0.25, -0.2) is 0 Å². The molecule has 1 rings (SSSR count). The lowest BCUT2D eigenvalue weighted by Crippen LogP contribution is -1.93. The van der Waals surface area contributed by atoms with Gasteiger partial charge in [0, 0.05) is 24.9 Å². The molecule has 9 heavy (non-hydrogen) atoms. The third kappa shape index (κ3) is 1.82. The number of rotatable bonds is 2. The van der Waals surface area contributed by atoms with Crippen molar-refractivity contribution < 1.29 is 0 Å². The maximum absolute atomic E-state index is 8.48. The minimum Gasteiger partial charge on any atom is -0.261 e. The number of hydrogen-bond acceptors (Lipinski definition) is 1. The zero-order valence-corrected chi connectivity index (χ0v) is 5.12. The molecule has 0 saturated carbocycles. The summed E-state index contributed by atoms with van der Waals surface area (Å²) in [5.74, 6) is 0. The Morgan fingerprint density at radius 2 is 2.33 bits per heavy atom. The molecule has 1 aromatic heterocycles. The lowest BCUT2D eigenvalue weighted by atomic mass is 10.3. The van der Waals surface area contributed by atoms with E-state index in [1.54, 1.807) is 6.20 Å². The number of nitrogens with zero attached hydrogens (tertiary/aromatic N) is 2. The molecule has 46 valence electrons. The molecule has 1 aromatic rings. The second-order valence-electron chi connectivity index (χ2n) is 1.79. The van der Waals surface area contributed by atoms with Crippen LogP contribution in [0.1, 0.15) is 5.69 Å². The van der Waals surface area contributed by atoms with E-state index in [1.165, 1.54) is 0 Å². The Morgan fingerprint density at radius 1 is 1.44 bits per heavy atom. The van der Waals surface area contributed by atoms with E-state index >= 15 is 0 Å². The third-order valence-corrected chi connectivity index (χ3v) is 1.09. The first kappa shape index (κ1) is 6.23. The highest BCUT2D eigenvalue weighted by atomic mass is 14.7. The van der Waals surface area contributed by atoms with Crippen molar-refractivity contribution >= 4 is 0 Å². The molecule has 0 aromatic carbocycles. The van der Waals surface area contributed by atoms with Crippen molar-refractivity contribution in [1.82, 2.24) is 10.7 Å². The van der Waals surface area contributed by atoms with Crippen molar-refractivity contribution in [1.29, 1.82) is 0 Å². The predicted octanol–water partition coefficient (Wildman–Crippen LogP) is 0.693. The van der Waals surface area contributed by atoms with Crippen LogP contribution < -0.4 is 5.73 Å². The molecule has 0 bridgehead atoms. The van der Waals surface area contributed by atoms with Crippen LogP contribution in [-0.2, 0) is 6.42 Å². The van der Waals surface area contributed by atoms with Crippen molar-refractivity contribution in [3.63, 3.8) is 0 Å². The largest absolute Gasteiger partial charge is 0.261 e. The molecule has 0 aliphatic carbocycles. The SMILES string of the molecule is [N]CCc1ccccn1. The molecule has 0 fully saturated rings. The lowest BCUT2D eigenvalue weighted by molar-refractivity contribution is 0.902.